The van der Waals surface area contributed by atoms with E-state index in [1.165, 1.54) is 12.1 Å². The topological polar surface area (TPSA) is 27.1 Å². The van der Waals surface area contributed by atoms with Crippen molar-refractivity contribution in [2.75, 3.05) is 7.11 Å². The summed E-state index contributed by atoms with van der Waals surface area (Å²) in [4.78, 5) is 4.56. The summed E-state index contributed by atoms with van der Waals surface area (Å²) in [6.07, 6.45) is -2.63. The van der Waals surface area contributed by atoms with Gasteiger partial charge in [-0.1, -0.05) is 18.2 Å². The van der Waals surface area contributed by atoms with Crippen LogP contribution in [0.15, 0.2) is 55.1 Å². The van der Waals surface area contributed by atoms with E-state index >= 15 is 0 Å². The number of imidazole rings is 1. The SMILES string of the molecule is C=CCn1c(-c2ccc(C(F)(F)F)cc2)nc2cc(OC)ccc21. The lowest BCUT2D eigenvalue weighted by Gasteiger charge is -2.09. The minimum atomic E-state index is -4.35. The van der Waals surface area contributed by atoms with Gasteiger partial charge >= 0.3 is 6.18 Å². The molecule has 0 amide bonds. The zero-order valence-corrected chi connectivity index (χ0v) is 13.0. The monoisotopic (exact) mass is 332 g/mol. The number of methoxy groups -OCH3 is 1. The van der Waals surface area contributed by atoms with E-state index in [1.54, 1.807) is 19.3 Å². The lowest BCUT2D eigenvalue weighted by molar-refractivity contribution is -0.137. The molecule has 2 aromatic carbocycles. The van der Waals surface area contributed by atoms with Crippen LogP contribution < -0.4 is 4.74 Å². The third kappa shape index (κ3) is 2.87. The molecule has 0 fully saturated rings. The summed E-state index contributed by atoms with van der Waals surface area (Å²) >= 11 is 0. The third-order valence-corrected chi connectivity index (χ3v) is 3.74. The number of allylic oxidation sites excluding steroid dienone is 1. The third-order valence-electron chi connectivity index (χ3n) is 3.74. The van der Waals surface area contributed by atoms with Gasteiger partial charge in [0.15, 0.2) is 0 Å². The molecule has 3 nitrogen and oxygen atoms in total. The molecule has 0 unspecified atom stereocenters. The Balaban J connectivity index is 2.13. The molecule has 3 rings (SSSR count). The van der Waals surface area contributed by atoms with E-state index in [0.29, 0.717) is 29.2 Å². The number of nitrogens with zero attached hydrogens (tertiary/aromatic N) is 2. The molecule has 6 heteroatoms. The maximum Gasteiger partial charge on any atom is 0.416 e. The lowest BCUT2D eigenvalue weighted by atomic mass is 10.1. The summed E-state index contributed by atoms with van der Waals surface area (Å²) in [5.74, 6) is 1.26. The van der Waals surface area contributed by atoms with E-state index < -0.39 is 11.7 Å². The van der Waals surface area contributed by atoms with Crippen molar-refractivity contribution in [3.63, 3.8) is 0 Å². The predicted octanol–water partition coefficient (Wildman–Crippen LogP) is 4.92. The zero-order chi connectivity index (χ0) is 17.3. The van der Waals surface area contributed by atoms with Crippen LogP contribution in [0.4, 0.5) is 13.2 Å². The van der Waals surface area contributed by atoms with Gasteiger partial charge in [0.2, 0.25) is 0 Å². The second-order valence-electron chi connectivity index (χ2n) is 5.26. The van der Waals surface area contributed by atoms with Crippen LogP contribution in [-0.4, -0.2) is 16.7 Å². The summed E-state index contributed by atoms with van der Waals surface area (Å²) in [6, 6.07) is 10.5. The van der Waals surface area contributed by atoms with Gasteiger partial charge in [0.1, 0.15) is 11.6 Å². The van der Waals surface area contributed by atoms with Crippen molar-refractivity contribution in [2.24, 2.45) is 0 Å². The number of rotatable bonds is 4. The van der Waals surface area contributed by atoms with E-state index in [9.17, 15) is 13.2 Å². The van der Waals surface area contributed by atoms with Crippen LogP contribution >= 0.6 is 0 Å². The van der Waals surface area contributed by atoms with Gasteiger partial charge < -0.3 is 9.30 Å². The van der Waals surface area contributed by atoms with Crippen LogP contribution in [-0.2, 0) is 12.7 Å². The highest BCUT2D eigenvalue weighted by Gasteiger charge is 2.30. The van der Waals surface area contributed by atoms with E-state index in [0.717, 1.165) is 17.6 Å². The lowest BCUT2D eigenvalue weighted by Crippen LogP contribution is -2.04. The largest absolute Gasteiger partial charge is 0.497 e. The van der Waals surface area contributed by atoms with E-state index in [-0.39, 0.29) is 0 Å². The van der Waals surface area contributed by atoms with E-state index in [2.05, 4.69) is 11.6 Å². The van der Waals surface area contributed by atoms with Gasteiger partial charge in [0.25, 0.3) is 0 Å². The highest BCUT2D eigenvalue weighted by atomic mass is 19.4. The summed E-state index contributed by atoms with van der Waals surface area (Å²) in [5, 5.41) is 0. The zero-order valence-electron chi connectivity index (χ0n) is 13.0. The van der Waals surface area contributed by atoms with Gasteiger partial charge in [-0.3, -0.25) is 0 Å². The average molecular weight is 332 g/mol. The number of fused-ring (bicyclic) bond motifs is 1. The van der Waals surface area contributed by atoms with Gasteiger partial charge in [0, 0.05) is 18.2 Å². The first-order valence-corrected chi connectivity index (χ1v) is 7.27. The van der Waals surface area contributed by atoms with Gasteiger partial charge in [0.05, 0.1) is 23.7 Å². The molecule has 0 saturated heterocycles. The van der Waals surface area contributed by atoms with Crippen molar-refractivity contribution in [3.05, 3.63) is 60.7 Å². The molecule has 3 aromatic rings. The van der Waals surface area contributed by atoms with Crippen molar-refractivity contribution >= 4 is 11.0 Å². The van der Waals surface area contributed by atoms with Crippen molar-refractivity contribution in [2.45, 2.75) is 12.7 Å². The van der Waals surface area contributed by atoms with E-state index in [4.69, 9.17) is 4.74 Å². The number of halogens is 3. The first-order valence-electron chi connectivity index (χ1n) is 7.27. The number of hydrogen-bond donors (Lipinski definition) is 0. The van der Waals surface area contributed by atoms with Crippen LogP contribution in [0.3, 0.4) is 0 Å². The van der Waals surface area contributed by atoms with Crippen LogP contribution in [0, 0.1) is 0 Å². The fourth-order valence-corrected chi connectivity index (χ4v) is 2.58. The summed E-state index contributed by atoms with van der Waals surface area (Å²) in [6.45, 7) is 4.23. The molecule has 0 aliphatic carbocycles. The molecule has 0 bridgehead atoms. The summed E-state index contributed by atoms with van der Waals surface area (Å²) < 4.78 is 45.3. The Morgan fingerprint density at radius 3 is 2.46 bits per heavy atom. The molecule has 0 aliphatic heterocycles. The van der Waals surface area contributed by atoms with Crippen LogP contribution in [0.2, 0.25) is 0 Å². The number of ether oxygens (including phenoxy) is 1. The predicted molar refractivity (Wildman–Crippen MR) is 86.9 cm³/mol. The highest BCUT2D eigenvalue weighted by Crippen LogP contribution is 2.32. The fraction of sp³-hybridized carbons (Fsp3) is 0.167. The van der Waals surface area contributed by atoms with Crippen LogP contribution in [0.5, 0.6) is 5.75 Å². The standard InChI is InChI=1S/C18H15F3N2O/c1-3-10-23-16-9-8-14(24-2)11-15(16)22-17(23)12-4-6-13(7-5-12)18(19,20)21/h3-9,11H,1,10H2,2H3. The molecule has 0 N–H and O–H groups in total. The Morgan fingerprint density at radius 1 is 1.17 bits per heavy atom. The van der Waals surface area contributed by atoms with E-state index in [1.807, 2.05) is 16.7 Å². The molecule has 1 aromatic heterocycles. The maximum absolute atomic E-state index is 12.7. The Kier molecular flexibility index (Phi) is 4.05. The molecule has 0 radical (unpaired) electrons. The minimum Gasteiger partial charge on any atom is -0.497 e. The van der Waals surface area contributed by atoms with Crippen LogP contribution in [0.25, 0.3) is 22.4 Å². The summed E-state index contributed by atoms with van der Waals surface area (Å²) in [7, 11) is 1.57. The smallest absolute Gasteiger partial charge is 0.416 e. The summed E-state index contributed by atoms with van der Waals surface area (Å²) in [5.41, 5.74) is 1.51. The van der Waals surface area contributed by atoms with Crippen LogP contribution in [0.1, 0.15) is 5.56 Å². The van der Waals surface area contributed by atoms with Crippen molar-refractivity contribution in [3.8, 4) is 17.1 Å². The first kappa shape index (κ1) is 16.1. The van der Waals surface area contributed by atoms with Crippen molar-refractivity contribution in [1.82, 2.24) is 9.55 Å². The van der Waals surface area contributed by atoms with Gasteiger partial charge in [-0.2, -0.15) is 13.2 Å². The van der Waals surface area contributed by atoms with Gasteiger partial charge in [-0.25, -0.2) is 4.98 Å². The Morgan fingerprint density at radius 2 is 1.88 bits per heavy atom. The molecule has 1 heterocycles. The Hall–Kier alpha value is -2.76. The second-order valence-corrected chi connectivity index (χ2v) is 5.26. The van der Waals surface area contributed by atoms with Crippen molar-refractivity contribution in [1.29, 1.82) is 0 Å². The van der Waals surface area contributed by atoms with Gasteiger partial charge in [-0.05, 0) is 24.3 Å². The average Bonchev–Trinajstić information content (AvgIpc) is 2.92. The molecule has 24 heavy (non-hydrogen) atoms. The molecule has 0 spiro atoms. The molecule has 0 saturated carbocycles. The molecular formula is C18H15F3N2O. The molecule has 0 aliphatic rings. The Bertz CT molecular complexity index is 880. The molecule has 0 atom stereocenters. The van der Waals surface area contributed by atoms with Crippen molar-refractivity contribution < 1.29 is 17.9 Å². The first-order chi connectivity index (χ1) is 11.4. The maximum atomic E-state index is 12.7. The number of aromatic nitrogens is 2. The number of alkyl halides is 3. The number of hydrogen-bond acceptors (Lipinski definition) is 2. The minimum absolute atomic E-state index is 0.499. The van der Waals surface area contributed by atoms with Gasteiger partial charge in [-0.15, -0.1) is 6.58 Å². The molecule has 124 valence electrons. The normalized spacial score (nSPS) is 11.7. The quantitative estimate of drug-likeness (QED) is 0.634. The molecular weight excluding hydrogens is 317 g/mol. The fourth-order valence-electron chi connectivity index (χ4n) is 2.58. The number of benzene rings is 2. The highest BCUT2D eigenvalue weighted by molar-refractivity contribution is 5.82. The Labute approximate surface area is 137 Å². The second kappa shape index (κ2) is 6.03.